The molecule has 2 unspecified atom stereocenters. The second kappa shape index (κ2) is 8.04. The topological polar surface area (TPSA) is 30.5 Å². The van der Waals surface area contributed by atoms with Crippen molar-refractivity contribution in [3.05, 3.63) is 0 Å². The van der Waals surface area contributed by atoms with Crippen LogP contribution in [0.15, 0.2) is 0 Å². The average Bonchev–Trinajstić information content (AvgIpc) is 2.35. The Morgan fingerprint density at radius 1 is 1.38 bits per heavy atom. The number of likely N-dealkylation sites (N-methyl/N-ethyl adjacent to an activating group) is 1. The average molecular weight is 229 g/mol. The summed E-state index contributed by atoms with van der Waals surface area (Å²) >= 11 is 0. The highest BCUT2D eigenvalue weighted by molar-refractivity contribution is 4.79. The lowest BCUT2D eigenvalue weighted by molar-refractivity contribution is 0.0308. The van der Waals surface area contributed by atoms with Crippen LogP contribution in [0.4, 0.5) is 0 Å². The summed E-state index contributed by atoms with van der Waals surface area (Å²) in [7, 11) is 3.88. The van der Waals surface area contributed by atoms with Crippen molar-refractivity contribution in [3.8, 4) is 0 Å². The molecule has 1 heterocycles. The summed E-state index contributed by atoms with van der Waals surface area (Å²) in [5, 5.41) is 3.42. The van der Waals surface area contributed by atoms with Crippen molar-refractivity contribution in [2.75, 3.05) is 27.4 Å². The number of hydrogen-bond acceptors (Lipinski definition) is 3. The van der Waals surface area contributed by atoms with Gasteiger partial charge in [-0.15, -0.1) is 0 Å². The second-order valence-corrected chi connectivity index (χ2v) is 4.75. The van der Waals surface area contributed by atoms with Gasteiger partial charge >= 0.3 is 0 Å². The molecule has 2 atom stereocenters. The minimum atomic E-state index is 0.359. The zero-order chi connectivity index (χ0) is 11.8. The van der Waals surface area contributed by atoms with Crippen LogP contribution in [0.3, 0.4) is 0 Å². The van der Waals surface area contributed by atoms with Gasteiger partial charge in [0.15, 0.2) is 0 Å². The van der Waals surface area contributed by atoms with Gasteiger partial charge in [0.2, 0.25) is 0 Å². The molecule has 0 aromatic carbocycles. The first-order valence-corrected chi connectivity index (χ1v) is 6.59. The maximum atomic E-state index is 5.59. The smallest absolute Gasteiger partial charge is 0.0724 e. The summed E-state index contributed by atoms with van der Waals surface area (Å²) < 4.78 is 11.0. The maximum absolute atomic E-state index is 5.59. The van der Waals surface area contributed by atoms with Gasteiger partial charge in [0.1, 0.15) is 0 Å². The minimum Gasteiger partial charge on any atom is -0.381 e. The van der Waals surface area contributed by atoms with Crippen molar-refractivity contribution in [2.24, 2.45) is 5.92 Å². The fourth-order valence-corrected chi connectivity index (χ4v) is 2.56. The largest absolute Gasteiger partial charge is 0.381 e. The van der Waals surface area contributed by atoms with Crippen molar-refractivity contribution >= 4 is 0 Å². The Labute approximate surface area is 99.9 Å². The van der Waals surface area contributed by atoms with E-state index in [0.29, 0.717) is 12.1 Å². The van der Waals surface area contributed by atoms with Crippen molar-refractivity contribution in [1.82, 2.24) is 5.32 Å². The van der Waals surface area contributed by atoms with Crippen LogP contribution in [0.2, 0.25) is 0 Å². The zero-order valence-electron chi connectivity index (χ0n) is 11.0. The molecule has 0 aromatic heterocycles. The zero-order valence-corrected chi connectivity index (χ0v) is 11.0. The molecule has 0 radical (unpaired) electrons. The molecular weight excluding hydrogens is 202 g/mol. The third-order valence-electron chi connectivity index (χ3n) is 3.62. The summed E-state index contributed by atoms with van der Waals surface area (Å²) in [5.74, 6) is 0.806. The summed E-state index contributed by atoms with van der Waals surface area (Å²) in [6.07, 6.45) is 6.33. The quantitative estimate of drug-likeness (QED) is 0.726. The van der Waals surface area contributed by atoms with E-state index in [1.54, 1.807) is 0 Å². The number of methoxy groups -OCH3 is 1. The molecule has 0 aromatic rings. The highest BCUT2D eigenvalue weighted by atomic mass is 16.5. The molecule has 0 aliphatic carbocycles. The van der Waals surface area contributed by atoms with Gasteiger partial charge in [-0.2, -0.15) is 0 Å². The monoisotopic (exact) mass is 229 g/mol. The Hall–Kier alpha value is -0.120. The molecule has 0 saturated carbocycles. The normalized spacial score (nSPS) is 21.9. The van der Waals surface area contributed by atoms with Crippen molar-refractivity contribution in [2.45, 2.75) is 51.2 Å². The Kier molecular flexibility index (Phi) is 7.01. The first kappa shape index (κ1) is 13.9. The second-order valence-electron chi connectivity index (χ2n) is 4.75. The lowest BCUT2D eigenvalue weighted by Gasteiger charge is -2.31. The van der Waals surface area contributed by atoms with Crippen LogP contribution in [-0.4, -0.2) is 39.5 Å². The molecule has 0 spiro atoms. The van der Waals surface area contributed by atoms with Crippen LogP contribution >= 0.6 is 0 Å². The number of nitrogens with one attached hydrogen (secondary N) is 1. The molecule has 1 fully saturated rings. The van der Waals surface area contributed by atoms with Gasteiger partial charge in [0.05, 0.1) is 6.10 Å². The summed E-state index contributed by atoms with van der Waals surface area (Å²) in [5.41, 5.74) is 0. The van der Waals surface area contributed by atoms with Crippen LogP contribution < -0.4 is 5.32 Å². The Balaban J connectivity index is 2.38. The molecule has 96 valence electrons. The number of ether oxygens (including phenoxy) is 2. The SMILES string of the molecule is CCCC(OC)C(CC1CCOCC1)NC. The van der Waals surface area contributed by atoms with Crippen LogP contribution in [-0.2, 0) is 9.47 Å². The molecule has 1 saturated heterocycles. The van der Waals surface area contributed by atoms with Crippen molar-refractivity contribution in [3.63, 3.8) is 0 Å². The molecule has 1 aliphatic rings. The maximum Gasteiger partial charge on any atom is 0.0724 e. The molecular formula is C13H27NO2. The van der Waals surface area contributed by atoms with E-state index in [0.717, 1.165) is 25.6 Å². The van der Waals surface area contributed by atoms with Gasteiger partial charge in [-0.1, -0.05) is 13.3 Å². The molecule has 16 heavy (non-hydrogen) atoms. The van der Waals surface area contributed by atoms with E-state index >= 15 is 0 Å². The fourth-order valence-electron chi connectivity index (χ4n) is 2.56. The van der Waals surface area contributed by atoms with E-state index < -0.39 is 0 Å². The summed E-state index contributed by atoms with van der Waals surface area (Å²) in [6.45, 7) is 4.09. The van der Waals surface area contributed by atoms with Crippen LogP contribution in [0.5, 0.6) is 0 Å². The minimum absolute atomic E-state index is 0.359. The third-order valence-corrected chi connectivity index (χ3v) is 3.62. The highest BCUT2D eigenvalue weighted by Gasteiger charge is 2.24. The predicted molar refractivity (Wildman–Crippen MR) is 66.7 cm³/mol. The summed E-state index contributed by atoms with van der Waals surface area (Å²) in [6, 6.07) is 0.494. The molecule has 3 nitrogen and oxygen atoms in total. The van der Waals surface area contributed by atoms with Crippen molar-refractivity contribution in [1.29, 1.82) is 0 Å². The molecule has 1 N–H and O–H groups in total. The van der Waals surface area contributed by atoms with E-state index in [-0.39, 0.29) is 0 Å². The van der Waals surface area contributed by atoms with Gasteiger partial charge in [0.25, 0.3) is 0 Å². The lowest BCUT2D eigenvalue weighted by Crippen LogP contribution is -2.41. The first-order chi connectivity index (χ1) is 7.81. The van der Waals surface area contributed by atoms with Gasteiger partial charge < -0.3 is 14.8 Å². The lowest BCUT2D eigenvalue weighted by atomic mass is 9.89. The van der Waals surface area contributed by atoms with Gasteiger partial charge in [0, 0.05) is 26.4 Å². The number of rotatable bonds is 7. The fraction of sp³-hybridized carbons (Fsp3) is 1.00. The molecule has 0 bridgehead atoms. The molecule has 0 amide bonds. The highest BCUT2D eigenvalue weighted by Crippen LogP contribution is 2.23. The van der Waals surface area contributed by atoms with Crippen LogP contribution in [0.25, 0.3) is 0 Å². The Bertz CT molecular complexity index is 169. The van der Waals surface area contributed by atoms with Crippen LogP contribution in [0, 0.1) is 5.92 Å². The Morgan fingerprint density at radius 3 is 2.56 bits per heavy atom. The van der Waals surface area contributed by atoms with Crippen LogP contribution in [0.1, 0.15) is 39.0 Å². The summed E-state index contributed by atoms with van der Waals surface area (Å²) in [4.78, 5) is 0. The molecule has 1 rings (SSSR count). The molecule has 3 heteroatoms. The van der Waals surface area contributed by atoms with Gasteiger partial charge in [-0.05, 0) is 38.6 Å². The van der Waals surface area contributed by atoms with Gasteiger partial charge in [-0.3, -0.25) is 0 Å². The van der Waals surface area contributed by atoms with E-state index in [1.807, 2.05) is 14.2 Å². The van der Waals surface area contributed by atoms with E-state index in [2.05, 4.69) is 12.2 Å². The van der Waals surface area contributed by atoms with Crippen molar-refractivity contribution < 1.29 is 9.47 Å². The van der Waals surface area contributed by atoms with Gasteiger partial charge in [-0.25, -0.2) is 0 Å². The first-order valence-electron chi connectivity index (χ1n) is 6.59. The van der Waals surface area contributed by atoms with E-state index in [9.17, 15) is 0 Å². The predicted octanol–water partition coefficient (Wildman–Crippen LogP) is 2.21. The third kappa shape index (κ3) is 4.40. The standard InChI is InChI=1S/C13H27NO2/c1-4-5-13(15-3)12(14-2)10-11-6-8-16-9-7-11/h11-14H,4-10H2,1-3H3. The Morgan fingerprint density at radius 2 is 2.06 bits per heavy atom. The molecule has 1 aliphatic heterocycles. The number of hydrogen-bond donors (Lipinski definition) is 1. The van der Waals surface area contributed by atoms with E-state index in [1.165, 1.54) is 25.7 Å². The van der Waals surface area contributed by atoms with E-state index in [4.69, 9.17) is 9.47 Å².